The third-order valence-electron chi connectivity index (χ3n) is 5.95. The van der Waals surface area contributed by atoms with Crippen LogP contribution in [0, 0.1) is 0 Å². The minimum atomic E-state index is -0.0453. The average molecular weight is 424 g/mol. The second-order valence-corrected chi connectivity index (χ2v) is 7.79. The molecule has 0 N–H and O–H groups in total. The zero-order chi connectivity index (χ0) is 21.8. The monoisotopic (exact) mass is 424 g/mol. The molecule has 2 aliphatic rings. The van der Waals surface area contributed by atoms with Gasteiger partial charge >= 0.3 is 0 Å². The van der Waals surface area contributed by atoms with Gasteiger partial charge in [0, 0.05) is 25.2 Å². The molecule has 4 rings (SSSR count). The van der Waals surface area contributed by atoms with Gasteiger partial charge in [0.25, 0.3) is 5.91 Å². The molecule has 2 heterocycles. The van der Waals surface area contributed by atoms with Crippen LogP contribution < -0.4 is 19.1 Å². The van der Waals surface area contributed by atoms with Crippen LogP contribution in [0.3, 0.4) is 0 Å². The highest BCUT2D eigenvalue weighted by Crippen LogP contribution is 2.37. The molecular weight excluding hydrogens is 396 g/mol. The van der Waals surface area contributed by atoms with Gasteiger partial charge in [0.2, 0.25) is 5.91 Å². The Hall–Kier alpha value is -3.22. The van der Waals surface area contributed by atoms with E-state index in [4.69, 9.17) is 14.2 Å². The first-order chi connectivity index (χ1) is 15.1. The number of ether oxygens (including phenoxy) is 3. The summed E-state index contributed by atoms with van der Waals surface area (Å²) in [6.45, 7) is 1.44. The van der Waals surface area contributed by atoms with Crippen molar-refractivity contribution in [2.75, 3.05) is 38.8 Å². The van der Waals surface area contributed by atoms with E-state index in [1.165, 1.54) is 0 Å². The molecule has 1 atom stereocenters. The Bertz CT molecular complexity index is 943. The Balaban J connectivity index is 1.38. The first-order valence-electron chi connectivity index (χ1n) is 10.7. The normalized spacial score (nSPS) is 18.4. The predicted molar refractivity (Wildman–Crippen MR) is 117 cm³/mol. The lowest BCUT2D eigenvalue weighted by molar-refractivity contribution is -0.134. The number of hydrogen-bond donors (Lipinski definition) is 0. The number of amides is 2. The summed E-state index contributed by atoms with van der Waals surface area (Å²) in [5, 5.41) is 0. The maximum Gasteiger partial charge on any atom is 0.261 e. The molecule has 1 unspecified atom stereocenters. The van der Waals surface area contributed by atoms with Gasteiger partial charge in [-0.25, -0.2) is 0 Å². The smallest absolute Gasteiger partial charge is 0.261 e. The number of nitrogens with zero attached hydrogens (tertiary/aromatic N) is 2. The maximum absolute atomic E-state index is 12.9. The van der Waals surface area contributed by atoms with Gasteiger partial charge in [0.05, 0.1) is 20.3 Å². The zero-order valence-electron chi connectivity index (χ0n) is 18.0. The average Bonchev–Trinajstić information content (AvgIpc) is 3.46. The molecule has 31 heavy (non-hydrogen) atoms. The van der Waals surface area contributed by atoms with Gasteiger partial charge in [-0.2, -0.15) is 0 Å². The number of likely N-dealkylation sites (tertiary alicyclic amines) is 1. The van der Waals surface area contributed by atoms with Crippen molar-refractivity contribution in [1.82, 2.24) is 4.90 Å². The zero-order valence-corrected chi connectivity index (χ0v) is 18.0. The SMILES string of the molecule is COc1ccc(C2CCCN2C(=O)COc2ccc(N3CCCC3=O)cc2)cc1OC. The van der Waals surface area contributed by atoms with E-state index in [9.17, 15) is 9.59 Å². The van der Waals surface area contributed by atoms with Crippen LogP contribution in [0.2, 0.25) is 0 Å². The van der Waals surface area contributed by atoms with Crippen molar-refractivity contribution < 1.29 is 23.8 Å². The van der Waals surface area contributed by atoms with Crippen molar-refractivity contribution >= 4 is 17.5 Å². The standard InChI is InChI=1S/C24H28N2O5/c1-29-21-12-7-17(15-22(21)30-2)20-5-3-14-26(20)24(28)16-31-19-10-8-18(9-11-19)25-13-4-6-23(25)27/h7-12,15,20H,3-6,13-14,16H2,1-2H3. The van der Waals surface area contributed by atoms with E-state index >= 15 is 0 Å². The first-order valence-corrected chi connectivity index (χ1v) is 10.7. The Morgan fingerprint density at radius 1 is 1.00 bits per heavy atom. The Kier molecular flexibility index (Phi) is 6.30. The number of benzene rings is 2. The molecule has 0 bridgehead atoms. The molecule has 164 valence electrons. The summed E-state index contributed by atoms with van der Waals surface area (Å²) in [6, 6.07) is 13.1. The highest BCUT2D eigenvalue weighted by atomic mass is 16.5. The van der Waals surface area contributed by atoms with Crippen molar-refractivity contribution in [3.8, 4) is 17.2 Å². The van der Waals surface area contributed by atoms with Crippen LogP contribution in [0.25, 0.3) is 0 Å². The molecule has 7 nitrogen and oxygen atoms in total. The molecule has 0 aliphatic carbocycles. The van der Waals surface area contributed by atoms with E-state index in [0.29, 0.717) is 30.2 Å². The van der Waals surface area contributed by atoms with Gasteiger partial charge in [-0.15, -0.1) is 0 Å². The number of carbonyl (C=O) groups excluding carboxylic acids is 2. The van der Waals surface area contributed by atoms with Crippen LogP contribution >= 0.6 is 0 Å². The van der Waals surface area contributed by atoms with Crippen LogP contribution in [0.15, 0.2) is 42.5 Å². The van der Waals surface area contributed by atoms with E-state index in [-0.39, 0.29) is 24.5 Å². The van der Waals surface area contributed by atoms with Crippen LogP contribution in [0.4, 0.5) is 5.69 Å². The van der Waals surface area contributed by atoms with Crippen LogP contribution in [-0.4, -0.2) is 50.6 Å². The van der Waals surface area contributed by atoms with Crippen LogP contribution in [0.5, 0.6) is 17.2 Å². The summed E-state index contributed by atoms with van der Waals surface area (Å²) in [4.78, 5) is 28.4. The first kappa shape index (κ1) is 21.0. The van der Waals surface area contributed by atoms with Crippen LogP contribution in [-0.2, 0) is 9.59 Å². The van der Waals surface area contributed by atoms with Gasteiger partial charge in [0.1, 0.15) is 5.75 Å². The fourth-order valence-corrected chi connectivity index (χ4v) is 4.34. The van der Waals surface area contributed by atoms with Crippen molar-refractivity contribution in [2.45, 2.75) is 31.7 Å². The largest absolute Gasteiger partial charge is 0.493 e. The summed E-state index contributed by atoms with van der Waals surface area (Å²) in [5.74, 6) is 2.05. The minimum absolute atomic E-state index is 0.000499. The lowest BCUT2D eigenvalue weighted by Crippen LogP contribution is -2.34. The van der Waals surface area contributed by atoms with Crippen molar-refractivity contribution in [2.24, 2.45) is 0 Å². The van der Waals surface area contributed by atoms with Crippen molar-refractivity contribution in [1.29, 1.82) is 0 Å². The lowest BCUT2D eigenvalue weighted by atomic mass is 10.0. The fraction of sp³-hybridized carbons (Fsp3) is 0.417. The molecular formula is C24H28N2O5. The van der Waals surface area contributed by atoms with E-state index in [2.05, 4.69) is 0 Å². The van der Waals surface area contributed by atoms with Crippen molar-refractivity contribution in [3.05, 3.63) is 48.0 Å². The maximum atomic E-state index is 12.9. The highest BCUT2D eigenvalue weighted by Gasteiger charge is 2.30. The summed E-state index contributed by atoms with van der Waals surface area (Å²) in [7, 11) is 3.22. The second kappa shape index (κ2) is 9.29. The van der Waals surface area contributed by atoms with Crippen molar-refractivity contribution in [3.63, 3.8) is 0 Å². The minimum Gasteiger partial charge on any atom is -0.493 e. The molecule has 2 saturated heterocycles. The molecule has 2 aromatic rings. The molecule has 2 amide bonds. The van der Waals surface area contributed by atoms with Gasteiger partial charge < -0.3 is 24.0 Å². The fourth-order valence-electron chi connectivity index (χ4n) is 4.34. The summed E-state index contributed by atoms with van der Waals surface area (Å²) >= 11 is 0. The number of anilines is 1. The van der Waals surface area contributed by atoms with Crippen LogP contribution in [0.1, 0.15) is 37.3 Å². The molecule has 2 aliphatic heterocycles. The Morgan fingerprint density at radius 3 is 2.45 bits per heavy atom. The molecule has 2 fully saturated rings. The highest BCUT2D eigenvalue weighted by molar-refractivity contribution is 5.95. The van der Waals surface area contributed by atoms with Gasteiger partial charge in [-0.3, -0.25) is 9.59 Å². The predicted octanol–water partition coefficient (Wildman–Crippen LogP) is 3.57. The lowest BCUT2D eigenvalue weighted by Gasteiger charge is -2.26. The Morgan fingerprint density at radius 2 is 1.77 bits per heavy atom. The topological polar surface area (TPSA) is 68.3 Å². The molecule has 2 aromatic carbocycles. The molecule has 0 aromatic heterocycles. The molecule has 0 spiro atoms. The molecule has 0 radical (unpaired) electrons. The Labute approximate surface area is 182 Å². The van der Waals surface area contributed by atoms with E-state index in [1.54, 1.807) is 19.1 Å². The van der Waals surface area contributed by atoms with E-state index in [1.807, 2.05) is 47.4 Å². The third kappa shape index (κ3) is 4.45. The quantitative estimate of drug-likeness (QED) is 0.680. The number of rotatable bonds is 7. The number of methoxy groups -OCH3 is 2. The second-order valence-electron chi connectivity index (χ2n) is 7.79. The van der Waals surface area contributed by atoms with Gasteiger partial charge in [-0.1, -0.05) is 6.07 Å². The summed E-state index contributed by atoms with van der Waals surface area (Å²) in [5.41, 5.74) is 1.90. The molecule has 0 saturated carbocycles. The summed E-state index contributed by atoms with van der Waals surface area (Å²) < 4.78 is 16.5. The third-order valence-corrected chi connectivity index (χ3v) is 5.95. The molecule has 7 heteroatoms. The van der Waals surface area contributed by atoms with Gasteiger partial charge in [0.15, 0.2) is 18.1 Å². The summed E-state index contributed by atoms with van der Waals surface area (Å²) in [6.07, 6.45) is 3.34. The number of hydrogen-bond acceptors (Lipinski definition) is 5. The van der Waals surface area contributed by atoms with Gasteiger partial charge in [-0.05, 0) is 61.2 Å². The van der Waals surface area contributed by atoms with E-state index in [0.717, 1.165) is 37.1 Å². The number of carbonyl (C=O) groups is 2. The van der Waals surface area contributed by atoms with E-state index < -0.39 is 0 Å².